The molecular weight excluding hydrogens is 471 g/mol. The van der Waals surface area contributed by atoms with Crippen molar-refractivity contribution in [2.45, 2.75) is 6.04 Å². The maximum Gasteiger partial charge on any atom is 0.377 e. The summed E-state index contributed by atoms with van der Waals surface area (Å²) >= 11 is 1.39. The number of hydrogen-bond acceptors (Lipinski definition) is 8. The molecule has 0 N–H and O–H groups in total. The van der Waals surface area contributed by atoms with Gasteiger partial charge in [-0.25, -0.2) is 4.99 Å². The fraction of sp³-hybridized carbons (Fsp3) is 0.227. The minimum absolute atomic E-state index is 0. The van der Waals surface area contributed by atoms with E-state index in [9.17, 15) is 4.57 Å². The van der Waals surface area contributed by atoms with Gasteiger partial charge in [-0.15, -0.1) is 12.4 Å². The Hall–Kier alpha value is -2.22. The third-order valence-corrected chi connectivity index (χ3v) is 7.99. The number of nitrogens with zero attached hydrogens (tertiary/aromatic N) is 2. The molecule has 1 unspecified atom stereocenters. The highest BCUT2D eigenvalue weighted by Crippen LogP contribution is 2.61. The Bertz CT molecular complexity index is 1110. The quantitative estimate of drug-likeness (QED) is 0.443. The summed E-state index contributed by atoms with van der Waals surface area (Å²) in [5.74, 6) is 1.24. The molecule has 0 saturated carbocycles. The van der Waals surface area contributed by atoms with Gasteiger partial charge in [-0.1, -0.05) is 48.2 Å². The summed E-state index contributed by atoms with van der Waals surface area (Å²) in [4.78, 5) is 6.72. The molecule has 32 heavy (non-hydrogen) atoms. The molecule has 2 heterocycles. The Labute approximate surface area is 198 Å². The van der Waals surface area contributed by atoms with Crippen molar-refractivity contribution in [3.63, 3.8) is 0 Å². The summed E-state index contributed by atoms with van der Waals surface area (Å²) in [6.07, 6.45) is 2.04. The third kappa shape index (κ3) is 4.34. The van der Waals surface area contributed by atoms with Crippen LogP contribution >= 0.6 is 31.8 Å². The lowest BCUT2D eigenvalue weighted by Crippen LogP contribution is -2.31. The van der Waals surface area contributed by atoms with Gasteiger partial charge in [-0.3, -0.25) is 4.57 Å². The maximum absolute atomic E-state index is 13.3. The Morgan fingerprint density at radius 1 is 0.969 bits per heavy atom. The standard InChI is InChI=1S/C22H23N2O5PS.ClH/c1-26-19-11-10-16(12-20(19)27-2)18-13-17(15-8-6-5-7-9-15)23-22-24(18)21(14-31-22)30(25,28-3)29-4;/h5-14,18H,1-4H3;1H. The Kier molecular flexibility index (Phi) is 7.75. The van der Waals surface area contributed by atoms with E-state index in [0.717, 1.165) is 16.8 Å². The van der Waals surface area contributed by atoms with Gasteiger partial charge in [0.25, 0.3) is 0 Å². The number of methoxy groups -OCH3 is 2. The van der Waals surface area contributed by atoms with Crippen LogP contribution in [0.5, 0.6) is 11.5 Å². The topological polar surface area (TPSA) is 69.6 Å². The van der Waals surface area contributed by atoms with Crippen LogP contribution in [0.3, 0.4) is 0 Å². The average Bonchev–Trinajstić information content (AvgIpc) is 3.28. The first-order valence-electron chi connectivity index (χ1n) is 9.50. The molecule has 2 aliphatic rings. The predicted molar refractivity (Wildman–Crippen MR) is 131 cm³/mol. The molecular formula is C22H24ClN2O5PS. The third-order valence-electron chi connectivity index (χ3n) is 5.11. The molecule has 7 nitrogen and oxygen atoms in total. The van der Waals surface area contributed by atoms with Crippen LogP contribution in [-0.2, 0) is 13.6 Å². The van der Waals surface area contributed by atoms with Crippen molar-refractivity contribution in [3.05, 3.63) is 76.6 Å². The maximum atomic E-state index is 13.3. The highest BCUT2D eigenvalue weighted by Gasteiger charge is 2.43. The van der Waals surface area contributed by atoms with Gasteiger partial charge < -0.3 is 23.4 Å². The number of thioether (sulfide) groups is 1. The number of amidine groups is 1. The summed E-state index contributed by atoms with van der Waals surface area (Å²) in [5.41, 5.74) is 3.20. The second-order valence-electron chi connectivity index (χ2n) is 6.70. The summed E-state index contributed by atoms with van der Waals surface area (Å²) < 4.78 is 34.7. The molecule has 0 radical (unpaired) electrons. The minimum Gasteiger partial charge on any atom is -0.493 e. The molecule has 4 rings (SSSR count). The number of fused-ring (bicyclic) bond motifs is 1. The Morgan fingerprint density at radius 3 is 2.28 bits per heavy atom. The van der Waals surface area contributed by atoms with Crippen LogP contribution in [0.1, 0.15) is 17.2 Å². The van der Waals surface area contributed by atoms with E-state index in [0.29, 0.717) is 22.1 Å². The van der Waals surface area contributed by atoms with Crippen LogP contribution in [0.25, 0.3) is 5.70 Å². The van der Waals surface area contributed by atoms with Crippen LogP contribution in [-0.4, -0.2) is 38.5 Å². The van der Waals surface area contributed by atoms with Crippen molar-refractivity contribution in [2.24, 2.45) is 4.99 Å². The number of rotatable bonds is 7. The number of halogens is 1. The predicted octanol–water partition coefficient (Wildman–Crippen LogP) is 5.91. The van der Waals surface area contributed by atoms with Crippen molar-refractivity contribution in [1.29, 1.82) is 0 Å². The molecule has 0 aromatic heterocycles. The van der Waals surface area contributed by atoms with Gasteiger partial charge in [0.15, 0.2) is 16.7 Å². The summed E-state index contributed by atoms with van der Waals surface area (Å²) in [6.45, 7) is 0. The van der Waals surface area contributed by atoms with E-state index < -0.39 is 7.60 Å². The zero-order valence-electron chi connectivity index (χ0n) is 18.1. The van der Waals surface area contributed by atoms with Gasteiger partial charge in [-0.05, 0) is 29.3 Å². The molecule has 0 spiro atoms. The van der Waals surface area contributed by atoms with Crippen molar-refractivity contribution in [1.82, 2.24) is 4.90 Å². The summed E-state index contributed by atoms with van der Waals surface area (Å²) in [5, 5.41) is 2.48. The van der Waals surface area contributed by atoms with Crippen LogP contribution in [0.15, 0.2) is 70.4 Å². The van der Waals surface area contributed by atoms with Gasteiger partial charge in [0.05, 0.1) is 26.0 Å². The Morgan fingerprint density at radius 2 is 1.66 bits per heavy atom. The van der Waals surface area contributed by atoms with Gasteiger partial charge in [0, 0.05) is 19.6 Å². The lowest BCUT2D eigenvalue weighted by molar-refractivity contribution is 0.272. The van der Waals surface area contributed by atoms with E-state index in [-0.39, 0.29) is 18.4 Å². The summed E-state index contributed by atoms with van der Waals surface area (Å²) in [6, 6.07) is 15.4. The lowest BCUT2D eigenvalue weighted by atomic mass is 10.0. The SMILES string of the molecule is COc1ccc(C2C=C(c3ccccc3)N=C3SC=C(P(=O)(OC)OC)N32)cc1OC.Cl. The highest BCUT2D eigenvalue weighted by atomic mass is 35.5. The van der Waals surface area contributed by atoms with Gasteiger partial charge in [0.1, 0.15) is 5.44 Å². The van der Waals surface area contributed by atoms with Crippen molar-refractivity contribution >= 4 is 42.6 Å². The number of hydrogen-bond donors (Lipinski definition) is 0. The molecule has 0 fully saturated rings. The van der Waals surface area contributed by atoms with Crippen molar-refractivity contribution in [2.75, 3.05) is 28.4 Å². The zero-order chi connectivity index (χ0) is 22.0. The number of ether oxygens (including phenoxy) is 2. The van der Waals surface area contributed by atoms with E-state index in [4.69, 9.17) is 23.5 Å². The Balaban J connectivity index is 0.00000289. The van der Waals surface area contributed by atoms with E-state index in [1.54, 1.807) is 19.6 Å². The fourth-order valence-electron chi connectivity index (χ4n) is 3.53. The molecule has 0 saturated heterocycles. The van der Waals surface area contributed by atoms with Crippen molar-refractivity contribution in [3.8, 4) is 11.5 Å². The lowest BCUT2D eigenvalue weighted by Gasteiger charge is -2.34. The number of aliphatic imine (C=N–C) groups is 1. The molecule has 0 amide bonds. The van der Waals surface area contributed by atoms with Crippen LogP contribution in [0, 0.1) is 0 Å². The minimum atomic E-state index is -3.50. The molecule has 2 aliphatic heterocycles. The van der Waals surface area contributed by atoms with Crippen molar-refractivity contribution < 1.29 is 23.1 Å². The molecule has 170 valence electrons. The molecule has 10 heteroatoms. The first kappa shape index (κ1) is 24.4. The zero-order valence-corrected chi connectivity index (χ0v) is 20.6. The van der Waals surface area contributed by atoms with Gasteiger partial charge in [-0.2, -0.15) is 0 Å². The van der Waals surface area contributed by atoms with E-state index in [1.807, 2.05) is 59.5 Å². The average molecular weight is 495 g/mol. The van der Waals surface area contributed by atoms with Crippen LogP contribution in [0.4, 0.5) is 0 Å². The van der Waals surface area contributed by atoms with E-state index in [2.05, 4.69) is 0 Å². The summed E-state index contributed by atoms with van der Waals surface area (Å²) in [7, 11) is 2.46. The largest absolute Gasteiger partial charge is 0.493 e. The second kappa shape index (κ2) is 10.1. The molecule has 0 aliphatic carbocycles. The van der Waals surface area contributed by atoms with E-state index >= 15 is 0 Å². The second-order valence-corrected chi connectivity index (χ2v) is 9.72. The first-order valence-corrected chi connectivity index (χ1v) is 11.9. The van der Waals surface area contributed by atoms with Gasteiger partial charge >= 0.3 is 7.60 Å². The fourth-order valence-corrected chi connectivity index (χ4v) is 6.08. The number of benzene rings is 2. The normalized spacial score (nSPS) is 17.6. The molecule has 2 aromatic rings. The van der Waals surface area contributed by atoms with Gasteiger partial charge in [0.2, 0.25) is 0 Å². The van der Waals surface area contributed by atoms with Crippen LogP contribution < -0.4 is 9.47 Å². The first-order chi connectivity index (χ1) is 15.0. The van der Waals surface area contributed by atoms with Crippen LogP contribution in [0.2, 0.25) is 0 Å². The highest BCUT2D eigenvalue weighted by molar-refractivity contribution is 8.16. The monoisotopic (exact) mass is 494 g/mol. The molecule has 2 aromatic carbocycles. The van der Waals surface area contributed by atoms with E-state index in [1.165, 1.54) is 26.0 Å². The molecule has 1 atom stereocenters. The smallest absolute Gasteiger partial charge is 0.377 e. The molecule has 0 bridgehead atoms.